The van der Waals surface area contributed by atoms with Crippen LogP contribution >= 0.6 is 0 Å². The van der Waals surface area contributed by atoms with Crippen molar-refractivity contribution in [1.82, 2.24) is 0 Å². The third-order valence-corrected chi connectivity index (χ3v) is 1.56. The Morgan fingerprint density at radius 3 is 2.60 bits per heavy atom. The van der Waals surface area contributed by atoms with Gasteiger partial charge in [0.25, 0.3) is 0 Å². The van der Waals surface area contributed by atoms with Gasteiger partial charge in [0.2, 0.25) is 0 Å². The Bertz CT molecular complexity index is 81.3. The summed E-state index contributed by atoms with van der Waals surface area (Å²) in [5.41, 5.74) is 0. The van der Waals surface area contributed by atoms with Crippen molar-refractivity contribution in [3.63, 3.8) is 0 Å². The average Bonchev–Trinajstić information content (AvgIpc) is 1.90. The molecule has 10 heavy (non-hydrogen) atoms. The molecule has 0 N–H and O–H groups in total. The standard InChI is InChI=1S/C8H13.O.Zn/c1-2-4-6-8-7-5-3-1;;/h1H,2,4-8H2;;/q-1;;. The van der Waals surface area contributed by atoms with Gasteiger partial charge in [-0.1, -0.05) is 32.1 Å². The fraction of sp³-hybridized carbons (Fsp3) is 0.750. The Balaban J connectivity index is 0.000000371. The van der Waals surface area contributed by atoms with E-state index in [1.807, 2.05) is 0 Å². The van der Waals surface area contributed by atoms with Crippen molar-refractivity contribution in [2.75, 3.05) is 0 Å². The first-order chi connectivity index (χ1) is 5.00. The van der Waals surface area contributed by atoms with Gasteiger partial charge in [-0.05, 0) is 0 Å². The number of hydrogen-bond donors (Lipinski definition) is 0. The van der Waals surface area contributed by atoms with Crippen molar-refractivity contribution in [2.24, 2.45) is 0 Å². The van der Waals surface area contributed by atoms with Crippen LogP contribution in [0.15, 0.2) is 6.08 Å². The SMILES string of the molecule is [C-]1=CCCCCCC1.[O]=[Zn]. The zero-order valence-electron chi connectivity index (χ0n) is 6.44. The molecule has 0 atom stereocenters. The first-order valence-electron chi connectivity index (χ1n) is 3.84. The van der Waals surface area contributed by atoms with Crippen LogP contribution in [0.5, 0.6) is 0 Å². The van der Waals surface area contributed by atoms with Gasteiger partial charge >= 0.3 is 21.8 Å². The molecule has 2 heteroatoms. The predicted octanol–water partition coefficient (Wildman–Crippen LogP) is 2.58. The summed E-state index contributed by atoms with van der Waals surface area (Å²) in [7, 11) is 0. The molecule has 0 bridgehead atoms. The first-order valence-corrected chi connectivity index (χ1v) is 5.05. The van der Waals surface area contributed by atoms with Crippen molar-refractivity contribution < 1.29 is 21.8 Å². The summed E-state index contributed by atoms with van der Waals surface area (Å²) in [6.45, 7) is 0. The first kappa shape index (κ1) is 10.2. The van der Waals surface area contributed by atoms with Crippen molar-refractivity contribution >= 4 is 0 Å². The fourth-order valence-corrected chi connectivity index (χ4v) is 1.03. The minimum absolute atomic E-state index is 0.125. The Labute approximate surface area is 72.8 Å². The number of rotatable bonds is 0. The second kappa shape index (κ2) is 9.16. The van der Waals surface area contributed by atoms with Crippen LogP contribution in [0.25, 0.3) is 0 Å². The predicted molar refractivity (Wildman–Crippen MR) is 36.2 cm³/mol. The van der Waals surface area contributed by atoms with Crippen LogP contribution in [0.4, 0.5) is 0 Å². The zero-order valence-corrected chi connectivity index (χ0v) is 9.40. The molecular formula is C8H13OZn-. The quantitative estimate of drug-likeness (QED) is 0.424. The summed E-state index contributed by atoms with van der Waals surface area (Å²) in [4.78, 5) is 0. The van der Waals surface area contributed by atoms with Gasteiger partial charge in [-0.15, -0.1) is 0 Å². The van der Waals surface area contributed by atoms with E-state index in [9.17, 15) is 0 Å². The molecule has 0 aliphatic heterocycles. The van der Waals surface area contributed by atoms with Crippen LogP contribution in [-0.2, 0) is 21.8 Å². The van der Waals surface area contributed by atoms with E-state index in [4.69, 9.17) is 3.57 Å². The van der Waals surface area contributed by atoms with Crippen molar-refractivity contribution in [2.45, 2.75) is 38.5 Å². The van der Waals surface area contributed by atoms with E-state index in [0.29, 0.717) is 0 Å². The molecule has 54 valence electrons. The van der Waals surface area contributed by atoms with E-state index in [0.717, 1.165) is 0 Å². The van der Waals surface area contributed by atoms with E-state index in [1.54, 1.807) is 0 Å². The van der Waals surface area contributed by atoms with Crippen LogP contribution in [-0.4, -0.2) is 0 Å². The number of allylic oxidation sites excluding steroid dienone is 2. The Kier molecular flexibility index (Phi) is 9.31. The maximum absolute atomic E-state index is 8.38. The molecule has 0 unspecified atom stereocenters. The molecule has 1 aliphatic carbocycles. The molecule has 1 nitrogen and oxygen atoms in total. The van der Waals surface area contributed by atoms with E-state index >= 15 is 0 Å². The van der Waals surface area contributed by atoms with Crippen molar-refractivity contribution in [3.05, 3.63) is 12.2 Å². The van der Waals surface area contributed by atoms with Crippen LogP contribution in [0.3, 0.4) is 0 Å². The molecule has 0 saturated heterocycles. The third kappa shape index (κ3) is 6.29. The fourth-order valence-electron chi connectivity index (χ4n) is 1.03. The second-order valence-electron chi connectivity index (χ2n) is 2.36. The zero-order chi connectivity index (χ0) is 7.66. The van der Waals surface area contributed by atoms with Gasteiger partial charge in [-0.3, -0.25) is 6.08 Å². The van der Waals surface area contributed by atoms with E-state index in [2.05, 4.69) is 12.2 Å². The van der Waals surface area contributed by atoms with Crippen LogP contribution < -0.4 is 0 Å². The normalized spacial score (nSPS) is 18.2. The molecule has 0 aromatic carbocycles. The minimum atomic E-state index is 0.125. The monoisotopic (exact) mass is 189 g/mol. The molecule has 0 amide bonds. The van der Waals surface area contributed by atoms with E-state index < -0.39 is 0 Å². The second-order valence-corrected chi connectivity index (χ2v) is 2.36. The van der Waals surface area contributed by atoms with E-state index in [-0.39, 0.29) is 18.3 Å². The molecule has 0 aromatic heterocycles. The Morgan fingerprint density at radius 2 is 1.80 bits per heavy atom. The van der Waals surface area contributed by atoms with Gasteiger partial charge in [-0.25, -0.2) is 0 Å². The summed E-state index contributed by atoms with van der Waals surface area (Å²) in [6.07, 6.45) is 13.5. The molecular weight excluding hydrogens is 177 g/mol. The summed E-state index contributed by atoms with van der Waals surface area (Å²) in [6, 6.07) is 0. The summed E-state index contributed by atoms with van der Waals surface area (Å²) in [5, 5.41) is 0. The summed E-state index contributed by atoms with van der Waals surface area (Å²) in [5.74, 6) is 0. The van der Waals surface area contributed by atoms with Gasteiger partial charge in [-0.2, -0.15) is 6.42 Å². The van der Waals surface area contributed by atoms with Gasteiger partial charge in [0.05, 0.1) is 0 Å². The van der Waals surface area contributed by atoms with Crippen LogP contribution in [0, 0.1) is 6.08 Å². The molecule has 0 spiro atoms. The van der Waals surface area contributed by atoms with Gasteiger partial charge < -0.3 is 6.08 Å². The average molecular weight is 191 g/mol. The molecule has 0 aromatic rings. The van der Waals surface area contributed by atoms with Gasteiger partial charge in [0.15, 0.2) is 0 Å². The Hall–Kier alpha value is 0.163. The topological polar surface area (TPSA) is 17.1 Å². The molecule has 0 radical (unpaired) electrons. The number of hydrogen-bond acceptors (Lipinski definition) is 1. The molecule has 0 saturated carbocycles. The van der Waals surface area contributed by atoms with Crippen LogP contribution in [0.1, 0.15) is 38.5 Å². The van der Waals surface area contributed by atoms with Crippen molar-refractivity contribution in [3.8, 4) is 0 Å². The van der Waals surface area contributed by atoms with E-state index in [1.165, 1.54) is 38.5 Å². The van der Waals surface area contributed by atoms with Gasteiger partial charge in [0.1, 0.15) is 0 Å². The Morgan fingerprint density at radius 1 is 1.10 bits per heavy atom. The van der Waals surface area contributed by atoms with Crippen molar-refractivity contribution in [1.29, 1.82) is 0 Å². The summed E-state index contributed by atoms with van der Waals surface area (Å²) >= 11 is 0.125. The summed E-state index contributed by atoms with van der Waals surface area (Å²) < 4.78 is 8.38. The third-order valence-electron chi connectivity index (χ3n) is 1.56. The van der Waals surface area contributed by atoms with Gasteiger partial charge in [0, 0.05) is 0 Å². The molecule has 0 fully saturated rings. The molecule has 1 rings (SSSR count). The molecule has 1 aliphatic rings. The molecule has 0 heterocycles. The van der Waals surface area contributed by atoms with Crippen LogP contribution in [0.2, 0.25) is 0 Å². The maximum atomic E-state index is 8.38.